The van der Waals surface area contributed by atoms with Crippen LogP contribution in [0.5, 0.6) is 0 Å². The molecule has 0 bridgehead atoms. The highest BCUT2D eigenvalue weighted by atomic mass is 35.5. The van der Waals surface area contributed by atoms with Gasteiger partial charge >= 0.3 is 0 Å². The molecule has 1 aromatic carbocycles. The molecular formula is C14H18ClN5O. The molecule has 0 unspecified atom stereocenters. The highest BCUT2D eigenvalue weighted by Gasteiger charge is 2.16. The lowest BCUT2D eigenvalue weighted by Gasteiger charge is -2.17. The molecule has 0 saturated carbocycles. The van der Waals surface area contributed by atoms with Crippen LogP contribution in [-0.4, -0.2) is 35.2 Å². The van der Waals surface area contributed by atoms with E-state index in [4.69, 9.17) is 11.6 Å². The molecule has 21 heavy (non-hydrogen) atoms. The molecule has 0 aliphatic rings. The van der Waals surface area contributed by atoms with Crippen LogP contribution in [0.4, 0.5) is 11.4 Å². The Morgan fingerprint density at radius 2 is 2.10 bits per heavy atom. The Hall–Kier alpha value is -2.08. The van der Waals surface area contributed by atoms with Crippen LogP contribution >= 0.6 is 11.6 Å². The number of halogens is 1. The molecule has 1 aromatic heterocycles. The highest BCUT2D eigenvalue weighted by Crippen LogP contribution is 2.28. The minimum atomic E-state index is -0.372. The van der Waals surface area contributed by atoms with Crippen molar-refractivity contribution in [2.45, 2.75) is 19.8 Å². The summed E-state index contributed by atoms with van der Waals surface area (Å²) in [6.07, 6.45) is 0. The molecule has 1 heterocycles. The van der Waals surface area contributed by atoms with Gasteiger partial charge in [-0.1, -0.05) is 25.4 Å². The summed E-state index contributed by atoms with van der Waals surface area (Å²) < 4.78 is 0. The Morgan fingerprint density at radius 3 is 2.67 bits per heavy atom. The summed E-state index contributed by atoms with van der Waals surface area (Å²) in [6, 6.07) is 5.32. The van der Waals surface area contributed by atoms with E-state index in [9.17, 15) is 4.79 Å². The lowest BCUT2D eigenvalue weighted by Crippen LogP contribution is -2.17. The third-order valence-corrected chi connectivity index (χ3v) is 3.18. The fourth-order valence-corrected chi connectivity index (χ4v) is 1.98. The van der Waals surface area contributed by atoms with Crippen molar-refractivity contribution in [1.82, 2.24) is 15.2 Å². The quantitative estimate of drug-likeness (QED) is 0.911. The number of benzene rings is 1. The van der Waals surface area contributed by atoms with Crippen LogP contribution < -0.4 is 10.2 Å². The van der Waals surface area contributed by atoms with Crippen molar-refractivity contribution in [1.29, 1.82) is 0 Å². The Labute approximate surface area is 128 Å². The predicted molar refractivity (Wildman–Crippen MR) is 84.2 cm³/mol. The Balaban J connectivity index is 2.24. The first-order valence-electron chi connectivity index (χ1n) is 6.59. The van der Waals surface area contributed by atoms with Gasteiger partial charge < -0.3 is 10.2 Å². The minimum absolute atomic E-state index is 0.114. The number of H-pyrrole nitrogens is 1. The second-order valence-electron chi connectivity index (χ2n) is 5.21. The molecule has 2 rings (SSSR count). The number of anilines is 2. The fourth-order valence-electron chi connectivity index (χ4n) is 1.81. The van der Waals surface area contributed by atoms with Gasteiger partial charge in [-0.05, 0) is 18.2 Å². The maximum atomic E-state index is 12.2. The molecule has 112 valence electrons. The maximum absolute atomic E-state index is 12.2. The summed E-state index contributed by atoms with van der Waals surface area (Å²) in [5.74, 6) is 0.605. The molecular weight excluding hydrogens is 290 g/mol. The van der Waals surface area contributed by atoms with E-state index in [0.29, 0.717) is 16.5 Å². The standard InChI is InChI=1S/C14H18ClN5O/c1-8(2)12-17-13(19-18-12)14(21)16-10-7-9(15)5-6-11(10)20(3)4/h5-8H,1-4H3,(H,16,21)(H,17,18,19). The summed E-state index contributed by atoms with van der Waals surface area (Å²) in [5.41, 5.74) is 1.47. The second-order valence-corrected chi connectivity index (χ2v) is 5.65. The summed E-state index contributed by atoms with van der Waals surface area (Å²) >= 11 is 5.99. The molecule has 6 nitrogen and oxygen atoms in total. The van der Waals surface area contributed by atoms with Gasteiger partial charge in [-0.2, -0.15) is 0 Å². The molecule has 0 fully saturated rings. The third-order valence-electron chi connectivity index (χ3n) is 2.94. The van der Waals surface area contributed by atoms with Crippen LogP contribution in [0.1, 0.15) is 36.2 Å². The van der Waals surface area contributed by atoms with E-state index in [0.717, 1.165) is 5.69 Å². The van der Waals surface area contributed by atoms with Crippen molar-refractivity contribution in [3.63, 3.8) is 0 Å². The molecule has 0 saturated heterocycles. The van der Waals surface area contributed by atoms with Crippen LogP contribution in [0.15, 0.2) is 18.2 Å². The molecule has 1 amide bonds. The summed E-state index contributed by atoms with van der Waals surface area (Å²) in [6.45, 7) is 3.95. The summed E-state index contributed by atoms with van der Waals surface area (Å²) in [4.78, 5) is 18.3. The number of aromatic amines is 1. The Kier molecular flexibility index (Phi) is 4.47. The molecule has 0 atom stereocenters. The van der Waals surface area contributed by atoms with Crippen molar-refractivity contribution in [3.8, 4) is 0 Å². The molecule has 0 radical (unpaired) electrons. The zero-order valence-corrected chi connectivity index (χ0v) is 13.2. The van der Waals surface area contributed by atoms with Crippen molar-refractivity contribution < 1.29 is 4.79 Å². The zero-order valence-electron chi connectivity index (χ0n) is 12.4. The van der Waals surface area contributed by atoms with Gasteiger partial charge in [-0.25, -0.2) is 4.98 Å². The van der Waals surface area contributed by atoms with E-state index in [1.54, 1.807) is 12.1 Å². The Bertz CT molecular complexity index is 651. The number of carbonyl (C=O) groups excluding carboxylic acids is 1. The number of carbonyl (C=O) groups is 1. The van der Waals surface area contributed by atoms with Crippen LogP contribution in [0.25, 0.3) is 0 Å². The minimum Gasteiger partial charge on any atom is -0.376 e. The SMILES string of the molecule is CC(C)c1nc(C(=O)Nc2cc(Cl)ccc2N(C)C)n[nH]1. The number of nitrogens with zero attached hydrogens (tertiary/aromatic N) is 3. The summed E-state index contributed by atoms with van der Waals surface area (Å²) in [7, 11) is 3.78. The topological polar surface area (TPSA) is 73.9 Å². The van der Waals surface area contributed by atoms with Crippen molar-refractivity contribution in [2.24, 2.45) is 0 Å². The van der Waals surface area contributed by atoms with Crippen LogP contribution in [0.3, 0.4) is 0 Å². The van der Waals surface area contributed by atoms with E-state index in [1.807, 2.05) is 38.9 Å². The van der Waals surface area contributed by atoms with Crippen LogP contribution in [0.2, 0.25) is 5.02 Å². The molecule has 0 aliphatic heterocycles. The van der Waals surface area contributed by atoms with Gasteiger partial charge in [-0.15, -0.1) is 5.10 Å². The van der Waals surface area contributed by atoms with Gasteiger partial charge in [-0.3, -0.25) is 9.89 Å². The fraction of sp³-hybridized carbons (Fsp3) is 0.357. The maximum Gasteiger partial charge on any atom is 0.295 e. The van der Waals surface area contributed by atoms with Gasteiger partial charge in [0.2, 0.25) is 5.82 Å². The Morgan fingerprint density at radius 1 is 1.38 bits per heavy atom. The third kappa shape index (κ3) is 3.52. The van der Waals surface area contributed by atoms with Crippen LogP contribution in [-0.2, 0) is 0 Å². The first-order valence-corrected chi connectivity index (χ1v) is 6.96. The van der Waals surface area contributed by atoms with Gasteiger partial charge in [0.1, 0.15) is 5.82 Å². The molecule has 2 N–H and O–H groups in total. The number of nitrogens with one attached hydrogen (secondary N) is 2. The largest absolute Gasteiger partial charge is 0.376 e. The van der Waals surface area contributed by atoms with Gasteiger partial charge in [0, 0.05) is 25.0 Å². The van der Waals surface area contributed by atoms with E-state index < -0.39 is 0 Å². The monoisotopic (exact) mass is 307 g/mol. The van der Waals surface area contributed by atoms with Crippen LogP contribution in [0, 0.1) is 0 Å². The first-order chi connectivity index (χ1) is 9.88. The number of aromatic nitrogens is 3. The van der Waals surface area contributed by atoms with E-state index >= 15 is 0 Å². The lowest BCUT2D eigenvalue weighted by atomic mass is 10.2. The number of hydrogen-bond acceptors (Lipinski definition) is 4. The lowest BCUT2D eigenvalue weighted by molar-refractivity contribution is 0.101. The van der Waals surface area contributed by atoms with Gasteiger partial charge in [0.15, 0.2) is 0 Å². The molecule has 0 aliphatic carbocycles. The van der Waals surface area contributed by atoms with Gasteiger partial charge in [0.05, 0.1) is 11.4 Å². The highest BCUT2D eigenvalue weighted by molar-refractivity contribution is 6.31. The predicted octanol–water partition coefficient (Wildman–Crippen LogP) is 2.90. The molecule has 0 spiro atoms. The smallest absolute Gasteiger partial charge is 0.295 e. The second kappa shape index (κ2) is 6.13. The zero-order chi connectivity index (χ0) is 15.6. The molecule has 7 heteroatoms. The normalized spacial score (nSPS) is 10.8. The number of hydrogen-bond donors (Lipinski definition) is 2. The summed E-state index contributed by atoms with van der Waals surface area (Å²) in [5, 5.41) is 10.0. The number of rotatable bonds is 4. The van der Waals surface area contributed by atoms with Gasteiger partial charge in [0.25, 0.3) is 5.91 Å². The van der Waals surface area contributed by atoms with Crippen molar-refractivity contribution in [3.05, 3.63) is 34.9 Å². The first kappa shape index (κ1) is 15.3. The number of amides is 1. The average molecular weight is 308 g/mol. The van der Waals surface area contributed by atoms with Crippen molar-refractivity contribution >= 4 is 28.9 Å². The molecule has 2 aromatic rings. The average Bonchev–Trinajstić information content (AvgIpc) is 2.88. The van der Waals surface area contributed by atoms with Crippen molar-refractivity contribution in [2.75, 3.05) is 24.3 Å². The van der Waals surface area contributed by atoms with E-state index in [-0.39, 0.29) is 17.6 Å². The van der Waals surface area contributed by atoms with E-state index in [1.165, 1.54) is 0 Å². The van der Waals surface area contributed by atoms with E-state index in [2.05, 4.69) is 20.5 Å².